The first-order valence-electron chi connectivity index (χ1n) is 3.56. The van der Waals surface area contributed by atoms with Gasteiger partial charge >= 0.3 is 0 Å². The van der Waals surface area contributed by atoms with Crippen LogP contribution in [-0.2, 0) is 16.3 Å². The summed E-state index contributed by atoms with van der Waals surface area (Å²) in [5.74, 6) is 0. The van der Waals surface area contributed by atoms with Crippen LogP contribution in [0.1, 0.15) is 5.56 Å². The minimum atomic E-state index is -2.07. The summed E-state index contributed by atoms with van der Waals surface area (Å²) in [4.78, 5) is 0.894. The molecule has 0 saturated carbocycles. The SMILES string of the molecule is CS1(=O)=NCc2cc(Br)ccc21. The lowest BCUT2D eigenvalue weighted by Gasteiger charge is -1.99. The molecule has 64 valence electrons. The molecule has 0 spiro atoms. The van der Waals surface area contributed by atoms with E-state index in [9.17, 15) is 4.21 Å². The predicted octanol–water partition coefficient (Wildman–Crippen LogP) is 2.42. The number of benzene rings is 1. The van der Waals surface area contributed by atoms with Crippen molar-refractivity contribution in [2.24, 2.45) is 4.36 Å². The Morgan fingerprint density at radius 2 is 2.33 bits per heavy atom. The largest absolute Gasteiger partial charge is 0.245 e. The van der Waals surface area contributed by atoms with Crippen LogP contribution in [-0.4, -0.2) is 10.5 Å². The highest BCUT2D eigenvalue weighted by Crippen LogP contribution is 2.27. The molecule has 1 aliphatic rings. The maximum Gasteiger partial charge on any atom is 0.0750 e. The van der Waals surface area contributed by atoms with Crippen molar-refractivity contribution in [2.75, 3.05) is 6.26 Å². The van der Waals surface area contributed by atoms with Crippen LogP contribution in [0.5, 0.6) is 0 Å². The van der Waals surface area contributed by atoms with E-state index in [1.165, 1.54) is 0 Å². The first-order chi connectivity index (χ1) is 5.59. The topological polar surface area (TPSA) is 29.4 Å². The minimum Gasteiger partial charge on any atom is -0.245 e. The lowest BCUT2D eigenvalue weighted by atomic mass is 10.2. The molecule has 1 heterocycles. The minimum absolute atomic E-state index is 0.587. The highest BCUT2D eigenvalue weighted by Gasteiger charge is 2.17. The third-order valence-electron chi connectivity index (χ3n) is 1.91. The van der Waals surface area contributed by atoms with Crippen LogP contribution in [0.3, 0.4) is 0 Å². The second kappa shape index (κ2) is 2.57. The van der Waals surface area contributed by atoms with E-state index in [1.54, 1.807) is 6.26 Å². The van der Waals surface area contributed by atoms with Gasteiger partial charge in [-0.05, 0) is 23.8 Å². The van der Waals surface area contributed by atoms with E-state index < -0.39 is 9.73 Å². The second-order valence-electron chi connectivity index (χ2n) is 2.84. The van der Waals surface area contributed by atoms with E-state index in [1.807, 2.05) is 18.2 Å². The van der Waals surface area contributed by atoms with Crippen LogP contribution in [0.15, 0.2) is 31.9 Å². The molecule has 0 amide bonds. The van der Waals surface area contributed by atoms with Gasteiger partial charge in [0.15, 0.2) is 0 Å². The number of nitrogens with zero attached hydrogens (tertiary/aromatic N) is 1. The molecule has 0 radical (unpaired) electrons. The third-order valence-corrected chi connectivity index (χ3v) is 4.24. The summed E-state index contributed by atoms with van der Waals surface area (Å²) < 4.78 is 16.8. The van der Waals surface area contributed by atoms with Gasteiger partial charge in [0.05, 0.1) is 21.2 Å². The molecule has 1 atom stereocenters. The van der Waals surface area contributed by atoms with Crippen molar-refractivity contribution in [3.8, 4) is 0 Å². The molecule has 0 aliphatic carbocycles. The first kappa shape index (κ1) is 8.26. The molecule has 4 heteroatoms. The molecule has 2 nitrogen and oxygen atoms in total. The number of rotatable bonds is 0. The van der Waals surface area contributed by atoms with Crippen molar-refractivity contribution < 1.29 is 4.21 Å². The molecule has 0 N–H and O–H groups in total. The summed E-state index contributed by atoms with van der Waals surface area (Å²) in [5, 5.41) is 0. The standard InChI is InChI=1S/C8H8BrNOS/c1-12(11)8-3-2-7(9)4-6(8)5-10-12/h2-4H,5H2,1H3. The fourth-order valence-corrected chi connectivity index (χ4v) is 3.17. The van der Waals surface area contributed by atoms with E-state index in [2.05, 4.69) is 20.3 Å². The maximum absolute atomic E-state index is 11.7. The summed E-state index contributed by atoms with van der Waals surface area (Å²) in [6.07, 6.45) is 1.69. The summed E-state index contributed by atoms with van der Waals surface area (Å²) in [5.41, 5.74) is 1.08. The number of halogens is 1. The maximum atomic E-state index is 11.7. The quantitative estimate of drug-likeness (QED) is 0.691. The van der Waals surface area contributed by atoms with Crippen molar-refractivity contribution in [3.63, 3.8) is 0 Å². The first-order valence-corrected chi connectivity index (χ1v) is 6.27. The van der Waals surface area contributed by atoms with Crippen molar-refractivity contribution in [3.05, 3.63) is 28.2 Å². The summed E-state index contributed by atoms with van der Waals surface area (Å²) in [6, 6.07) is 5.77. The summed E-state index contributed by atoms with van der Waals surface area (Å²) in [6.45, 7) is 0.587. The van der Waals surface area contributed by atoms with Gasteiger partial charge in [-0.3, -0.25) is 0 Å². The fourth-order valence-electron chi connectivity index (χ4n) is 1.30. The average Bonchev–Trinajstić information content (AvgIpc) is 2.27. The molecule has 0 bridgehead atoms. The number of hydrogen-bond donors (Lipinski definition) is 0. The van der Waals surface area contributed by atoms with E-state index in [4.69, 9.17) is 0 Å². The van der Waals surface area contributed by atoms with Crippen molar-refractivity contribution in [1.29, 1.82) is 0 Å². The lowest BCUT2D eigenvalue weighted by Crippen LogP contribution is -1.93. The Bertz CT molecular complexity index is 446. The van der Waals surface area contributed by atoms with Crippen molar-refractivity contribution >= 4 is 25.7 Å². The van der Waals surface area contributed by atoms with Crippen LogP contribution in [0.4, 0.5) is 0 Å². The van der Waals surface area contributed by atoms with Gasteiger partial charge in [0.2, 0.25) is 0 Å². The zero-order valence-electron chi connectivity index (χ0n) is 6.58. The fraction of sp³-hybridized carbons (Fsp3) is 0.250. The molecular formula is C8H8BrNOS. The van der Waals surface area contributed by atoms with Gasteiger partial charge in [-0.2, -0.15) is 0 Å². The Kier molecular flexibility index (Phi) is 1.77. The van der Waals surface area contributed by atoms with Crippen LogP contribution in [0, 0.1) is 0 Å². The van der Waals surface area contributed by atoms with Crippen LogP contribution >= 0.6 is 15.9 Å². The molecule has 1 unspecified atom stereocenters. The van der Waals surface area contributed by atoms with E-state index in [0.717, 1.165) is 14.9 Å². The third kappa shape index (κ3) is 1.19. The number of fused-ring (bicyclic) bond motifs is 1. The average molecular weight is 246 g/mol. The predicted molar refractivity (Wildman–Crippen MR) is 52.6 cm³/mol. The lowest BCUT2D eigenvalue weighted by molar-refractivity contribution is 0.681. The zero-order valence-corrected chi connectivity index (χ0v) is 8.98. The summed E-state index contributed by atoms with van der Waals surface area (Å²) in [7, 11) is -2.07. The van der Waals surface area contributed by atoms with Gasteiger partial charge in [-0.1, -0.05) is 15.9 Å². The molecule has 0 fully saturated rings. The van der Waals surface area contributed by atoms with Crippen LogP contribution in [0.2, 0.25) is 0 Å². The highest BCUT2D eigenvalue weighted by molar-refractivity contribution is 9.10. The molecule has 0 saturated heterocycles. The van der Waals surface area contributed by atoms with E-state index in [-0.39, 0.29) is 0 Å². The molecule has 1 aromatic rings. The molecule has 12 heavy (non-hydrogen) atoms. The molecule has 1 aliphatic heterocycles. The van der Waals surface area contributed by atoms with Gasteiger partial charge in [0, 0.05) is 10.7 Å². The smallest absolute Gasteiger partial charge is 0.0750 e. The van der Waals surface area contributed by atoms with Gasteiger partial charge in [-0.15, -0.1) is 0 Å². The van der Waals surface area contributed by atoms with Crippen molar-refractivity contribution in [1.82, 2.24) is 0 Å². The Hall–Kier alpha value is -0.350. The zero-order chi connectivity index (χ0) is 8.77. The Morgan fingerprint density at radius 3 is 3.08 bits per heavy atom. The van der Waals surface area contributed by atoms with Crippen molar-refractivity contribution in [2.45, 2.75) is 11.4 Å². The Labute approximate surface area is 80.3 Å². The normalized spacial score (nSPS) is 26.5. The van der Waals surface area contributed by atoms with E-state index >= 15 is 0 Å². The van der Waals surface area contributed by atoms with Gasteiger partial charge in [-0.25, -0.2) is 8.57 Å². The van der Waals surface area contributed by atoms with E-state index in [0.29, 0.717) is 6.54 Å². The molecule has 0 aromatic heterocycles. The Balaban J connectivity index is 2.71. The van der Waals surface area contributed by atoms with Gasteiger partial charge < -0.3 is 0 Å². The summed E-state index contributed by atoms with van der Waals surface area (Å²) >= 11 is 3.37. The monoisotopic (exact) mass is 245 g/mol. The molecule has 2 rings (SSSR count). The van der Waals surface area contributed by atoms with Gasteiger partial charge in [0.1, 0.15) is 0 Å². The molecule has 1 aromatic carbocycles. The number of hydrogen-bond acceptors (Lipinski definition) is 2. The Morgan fingerprint density at radius 1 is 1.58 bits per heavy atom. The van der Waals surface area contributed by atoms with Crippen LogP contribution < -0.4 is 0 Å². The second-order valence-corrected chi connectivity index (χ2v) is 6.06. The van der Waals surface area contributed by atoms with Gasteiger partial charge in [0.25, 0.3) is 0 Å². The molecular weight excluding hydrogens is 238 g/mol. The highest BCUT2D eigenvalue weighted by atomic mass is 79.9. The van der Waals surface area contributed by atoms with Crippen LogP contribution in [0.25, 0.3) is 0 Å².